The smallest absolute Gasteiger partial charge is 0.331 e. The van der Waals surface area contributed by atoms with E-state index in [1.54, 1.807) is 0 Å². The molecule has 0 N–H and O–H groups in total. The summed E-state index contributed by atoms with van der Waals surface area (Å²) in [5.41, 5.74) is 4.11. The van der Waals surface area contributed by atoms with E-state index in [1.807, 2.05) is 6.08 Å². The maximum atomic E-state index is 10.9. The Kier molecular flexibility index (Phi) is 11.6. The van der Waals surface area contributed by atoms with Crippen LogP contribution in [-0.2, 0) is 14.3 Å². The van der Waals surface area contributed by atoms with Crippen LogP contribution < -0.4 is 0 Å². The number of rotatable bonds is 10. The molecule has 0 aliphatic heterocycles. The lowest BCUT2D eigenvalue weighted by atomic mass is 10.1. The SMILES string of the molecule is COC(=O)COC/C=C(\C)CC/C=C(\C)CCC=C(C)C. The molecule has 0 heterocycles. The van der Waals surface area contributed by atoms with Crippen LogP contribution in [0.3, 0.4) is 0 Å². The number of allylic oxidation sites excluding steroid dienone is 5. The predicted octanol–water partition coefficient (Wildman–Crippen LogP) is 4.60. The van der Waals surface area contributed by atoms with Gasteiger partial charge in [0.1, 0.15) is 6.61 Å². The molecule has 3 heteroatoms. The molecule has 0 aliphatic rings. The van der Waals surface area contributed by atoms with Gasteiger partial charge in [-0.25, -0.2) is 4.79 Å². The first-order chi connectivity index (χ1) is 9.95. The molecule has 0 amide bonds. The number of ether oxygens (including phenoxy) is 2. The van der Waals surface area contributed by atoms with E-state index in [-0.39, 0.29) is 12.6 Å². The van der Waals surface area contributed by atoms with Crippen molar-refractivity contribution in [2.24, 2.45) is 0 Å². The molecule has 0 fully saturated rings. The minimum atomic E-state index is -0.337. The van der Waals surface area contributed by atoms with E-state index in [1.165, 1.54) is 23.8 Å². The molecule has 0 atom stereocenters. The van der Waals surface area contributed by atoms with Crippen molar-refractivity contribution in [3.05, 3.63) is 34.9 Å². The fourth-order valence-electron chi connectivity index (χ4n) is 1.74. The second-order valence-corrected chi connectivity index (χ2v) is 5.55. The van der Waals surface area contributed by atoms with Crippen molar-refractivity contribution in [2.45, 2.75) is 53.4 Å². The minimum Gasteiger partial charge on any atom is -0.467 e. The lowest BCUT2D eigenvalue weighted by molar-refractivity contribution is -0.145. The molecule has 0 radical (unpaired) electrons. The first-order valence-corrected chi connectivity index (χ1v) is 7.55. The molecule has 0 aliphatic carbocycles. The summed E-state index contributed by atoms with van der Waals surface area (Å²) in [5.74, 6) is -0.337. The van der Waals surface area contributed by atoms with Gasteiger partial charge in [-0.3, -0.25) is 0 Å². The molecule has 0 unspecified atom stereocenters. The Morgan fingerprint density at radius 3 is 2.05 bits per heavy atom. The van der Waals surface area contributed by atoms with E-state index in [9.17, 15) is 4.79 Å². The highest BCUT2D eigenvalue weighted by molar-refractivity contribution is 5.70. The Labute approximate surface area is 129 Å². The van der Waals surface area contributed by atoms with Crippen molar-refractivity contribution < 1.29 is 14.3 Å². The summed E-state index contributed by atoms with van der Waals surface area (Å²) in [6.07, 6.45) is 11.0. The second kappa shape index (κ2) is 12.4. The van der Waals surface area contributed by atoms with Crippen LogP contribution in [0.5, 0.6) is 0 Å². The van der Waals surface area contributed by atoms with Gasteiger partial charge in [0.05, 0.1) is 13.7 Å². The van der Waals surface area contributed by atoms with Crippen LogP contribution in [-0.4, -0.2) is 26.3 Å². The van der Waals surface area contributed by atoms with Gasteiger partial charge in [0.2, 0.25) is 0 Å². The van der Waals surface area contributed by atoms with Crippen molar-refractivity contribution in [3.8, 4) is 0 Å². The quantitative estimate of drug-likeness (QED) is 0.336. The standard InChI is InChI=1S/C18H30O3/c1-15(2)8-6-9-16(3)10-7-11-17(4)12-13-21-14-18(19)20-5/h8,10,12H,6-7,9,11,13-14H2,1-5H3/b16-10+,17-12+. The average molecular weight is 294 g/mol. The first kappa shape index (κ1) is 19.7. The number of hydrogen-bond acceptors (Lipinski definition) is 3. The van der Waals surface area contributed by atoms with Crippen molar-refractivity contribution >= 4 is 5.97 Å². The lowest BCUT2D eigenvalue weighted by Crippen LogP contribution is -2.10. The third kappa shape index (κ3) is 13.4. The summed E-state index contributed by atoms with van der Waals surface area (Å²) in [6.45, 7) is 9.03. The molecule has 0 aromatic carbocycles. The molecule has 120 valence electrons. The van der Waals surface area contributed by atoms with Crippen LogP contribution in [0.4, 0.5) is 0 Å². The van der Waals surface area contributed by atoms with Crippen LogP contribution in [0.15, 0.2) is 34.9 Å². The Bertz CT molecular complexity index is 385. The van der Waals surface area contributed by atoms with Crippen LogP contribution >= 0.6 is 0 Å². The molecule has 21 heavy (non-hydrogen) atoms. The van der Waals surface area contributed by atoms with Gasteiger partial charge >= 0.3 is 5.97 Å². The Balaban J connectivity index is 3.83. The van der Waals surface area contributed by atoms with Crippen LogP contribution in [0.1, 0.15) is 53.4 Å². The van der Waals surface area contributed by atoms with Gasteiger partial charge in [0, 0.05) is 0 Å². The third-order valence-corrected chi connectivity index (χ3v) is 3.12. The molecule has 3 nitrogen and oxygen atoms in total. The molecule has 0 saturated heterocycles. The summed E-state index contributed by atoms with van der Waals surface area (Å²) in [4.78, 5) is 10.9. The summed E-state index contributed by atoms with van der Waals surface area (Å²) in [7, 11) is 1.36. The average Bonchev–Trinajstić information content (AvgIpc) is 2.42. The monoisotopic (exact) mass is 294 g/mol. The number of methoxy groups -OCH3 is 1. The molecule has 0 spiro atoms. The third-order valence-electron chi connectivity index (χ3n) is 3.12. The predicted molar refractivity (Wildman–Crippen MR) is 88.2 cm³/mol. The van der Waals surface area contributed by atoms with E-state index in [0.717, 1.165) is 25.7 Å². The number of carbonyl (C=O) groups is 1. The van der Waals surface area contributed by atoms with E-state index in [0.29, 0.717) is 6.61 Å². The Morgan fingerprint density at radius 1 is 0.905 bits per heavy atom. The van der Waals surface area contributed by atoms with Crippen LogP contribution in [0, 0.1) is 0 Å². The van der Waals surface area contributed by atoms with Gasteiger partial charge in [-0.2, -0.15) is 0 Å². The van der Waals surface area contributed by atoms with Crippen molar-refractivity contribution in [3.63, 3.8) is 0 Å². The molecular weight excluding hydrogens is 264 g/mol. The maximum absolute atomic E-state index is 10.9. The van der Waals surface area contributed by atoms with Gasteiger partial charge in [-0.1, -0.05) is 34.9 Å². The van der Waals surface area contributed by atoms with Crippen molar-refractivity contribution in [1.82, 2.24) is 0 Å². The summed E-state index contributed by atoms with van der Waals surface area (Å²) >= 11 is 0. The summed E-state index contributed by atoms with van der Waals surface area (Å²) < 4.78 is 9.69. The molecule has 0 rings (SSSR count). The largest absolute Gasteiger partial charge is 0.467 e. The number of carbonyl (C=O) groups excluding carboxylic acids is 1. The Hall–Kier alpha value is -1.35. The van der Waals surface area contributed by atoms with Gasteiger partial charge in [-0.15, -0.1) is 0 Å². The van der Waals surface area contributed by atoms with E-state index >= 15 is 0 Å². The van der Waals surface area contributed by atoms with E-state index in [2.05, 4.69) is 44.6 Å². The zero-order chi connectivity index (χ0) is 16.1. The topological polar surface area (TPSA) is 35.5 Å². The lowest BCUT2D eigenvalue weighted by Gasteiger charge is -2.02. The molecule has 0 saturated carbocycles. The zero-order valence-corrected chi connectivity index (χ0v) is 14.2. The normalized spacial score (nSPS) is 12.2. The number of esters is 1. The Morgan fingerprint density at radius 2 is 1.48 bits per heavy atom. The fourth-order valence-corrected chi connectivity index (χ4v) is 1.74. The maximum Gasteiger partial charge on any atom is 0.331 e. The highest BCUT2D eigenvalue weighted by atomic mass is 16.6. The zero-order valence-electron chi connectivity index (χ0n) is 14.2. The molecule has 0 bridgehead atoms. The van der Waals surface area contributed by atoms with Gasteiger partial charge < -0.3 is 9.47 Å². The van der Waals surface area contributed by atoms with Crippen LogP contribution in [0.25, 0.3) is 0 Å². The van der Waals surface area contributed by atoms with Crippen molar-refractivity contribution in [2.75, 3.05) is 20.3 Å². The first-order valence-electron chi connectivity index (χ1n) is 7.55. The molecule has 0 aromatic rings. The minimum absolute atomic E-state index is 0.0175. The highest BCUT2D eigenvalue weighted by Gasteiger charge is 1.97. The summed E-state index contributed by atoms with van der Waals surface area (Å²) in [6, 6.07) is 0. The van der Waals surface area contributed by atoms with Crippen molar-refractivity contribution in [1.29, 1.82) is 0 Å². The highest BCUT2D eigenvalue weighted by Crippen LogP contribution is 2.11. The second-order valence-electron chi connectivity index (χ2n) is 5.55. The van der Waals surface area contributed by atoms with Crippen LogP contribution in [0.2, 0.25) is 0 Å². The van der Waals surface area contributed by atoms with Gasteiger partial charge in [-0.05, 0) is 53.4 Å². The fraction of sp³-hybridized carbons (Fsp3) is 0.611. The molecular formula is C18H30O3. The number of hydrogen-bond donors (Lipinski definition) is 0. The molecule has 0 aromatic heterocycles. The van der Waals surface area contributed by atoms with E-state index in [4.69, 9.17) is 4.74 Å². The summed E-state index contributed by atoms with van der Waals surface area (Å²) in [5, 5.41) is 0. The van der Waals surface area contributed by atoms with Gasteiger partial charge in [0.25, 0.3) is 0 Å². The van der Waals surface area contributed by atoms with Gasteiger partial charge in [0.15, 0.2) is 0 Å². The van der Waals surface area contributed by atoms with E-state index < -0.39 is 0 Å².